The topological polar surface area (TPSA) is 76.0 Å². The smallest absolute Gasteiger partial charge is 0.262 e. The van der Waals surface area contributed by atoms with Gasteiger partial charge in [0.25, 0.3) is 5.56 Å². The quantitative estimate of drug-likeness (QED) is 0.508. The van der Waals surface area contributed by atoms with Gasteiger partial charge in [-0.25, -0.2) is 0 Å². The van der Waals surface area contributed by atoms with Gasteiger partial charge in [0.15, 0.2) is 5.16 Å². The first-order valence-electron chi connectivity index (χ1n) is 8.10. The van der Waals surface area contributed by atoms with Crippen molar-refractivity contribution in [2.45, 2.75) is 50.1 Å². The summed E-state index contributed by atoms with van der Waals surface area (Å²) in [6.45, 7) is 4.58. The van der Waals surface area contributed by atoms with Crippen molar-refractivity contribution in [3.63, 3.8) is 0 Å². The predicted octanol–water partition coefficient (Wildman–Crippen LogP) is 3.24. The van der Waals surface area contributed by atoms with E-state index >= 15 is 0 Å². The summed E-state index contributed by atoms with van der Waals surface area (Å²) in [5, 5.41) is 18.6. The second-order valence-electron chi connectivity index (χ2n) is 5.69. The first-order valence-corrected chi connectivity index (χ1v) is 8.98. The molecule has 0 bridgehead atoms. The number of nitrogens with zero attached hydrogens (tertiary/aromatic N) is 5. The number of rotatable bonds is 6. The Labute approximate surface area is 144 Å². The highest BCUT2D eigenvalue weighted by atomic mass is 32.2. The lowest BCUT2D eigenvalue weighted by Gasteiger charge is -2.11. The molecule has 0 saturated carbocycles. The molecule has 1 unspecified atom stereocenters. The third-order valence-corrected chi connectivity index (χ3v) is 4.86. The van der Waals surface area contributed by atoms with Crippen LogP contribution in [0.15, 0.2) is 34.2 Å². The fourth-order valence-corrected chi connectivity index (χ4v) is 3.46. The maximum absolute atomic E-state index is 12.8. The van der Waals surface area contributed by atoms with Crippen molar-refractivity contribution in [3.8, 4) is 6.07 Å². The highest BCUT2D eigenvalue weighted by molar-refractivity contribution is 8.00. The number of fused-ring (bicyclic) bond motifs is 3. The van der Waals surface area contributed by atoms with Gasteiger partial charge in [0.1, 0.15) is 0 Å². The van der Waals surface area contributed by atoms with Crippen LogP contribution in [0.25, 0.3) is 16.7 Å². The van der Waals surface area contributed by atoms with Crippen molar-refractivity contribution in [2.75, 3.05) is 0 Å². The molecule has 0 amide bonds. The van der Waals surface area contributed by atoms with Crippen LogP contribution in [0.1, 0.15) is 33.1 Å². The van der Waals surface area contributed by atoms with Crippen molar-refractivity contribution >= 4 is 28.4 Å². The minimum absolute atomic E-state index is 0.0357. The van der Waals surface area contributed by atoms with Crippen molar-refractivity contribution in [1.29, 1.82) is 5.26 Å². The van der Waals surface area contributed by atoms with Crippen molar-refractivity contribution < 1.29 is 0 Å². The molecule has 6 nitrogen and oxygen atoms in total. The largest absolute Gasteiger partial charge is 0.276 e. The van der Waals surface area contributed by atoms with E-state index in [2.05, 4.69) is 23.2 Å². The second-order valence-corrected chi connectivity index (χ2v) is 7.00. The second kappa shape index (κ2) is 7.05. The van der Waals surface area contributed by atoms with Gasteiger partial charge in [-0.2, -0.15) is 5.26 Å². The Kier molecular flexibility index (Phi) is 4.86. The van der Waals surface area contributed by atoms with Crippen molar-refractivity contribution in [3.05, 3.63) is 34.6 Å². The van der Waals surface area contributed by atoms with E-state index in [1.165, 1.54) is 11.8 Å². The number of para-hydroxylation sites is 1. The maximum atomic E-state index is 12.8. The molecular weight excluding hydrogens is 322 g/mol. The van der Waals surface area contributed by atoms with Crippen molar-refractivity contribution in [2.24, 2.45) is 0 Å². The lowest BCUT2D eigenvalue weighted by Crippen LogP contribution is -2.23. The van der Waals surface area contributed by atoms with Gasteiger partial charge < -0.3 is 0 Å². The zero-order valence-electron chi connectivity index (χ0n) is 13.8. The molecule has 0 saturated heterocycles. The van der Waals surface area contributed by atoms with E-state index in [4.69, 9.17) is 5.26 Å². The molecule has 0 N–H and O–H groups in total. The van der Waals surface area contributed by atoms with E-state index in [1.807, 2.05) is 35.6 Å². The van der Waals surface area contributed by atoms with Gasteiger partial charge in [-0.3, -0.25) is 13.8 Å². The van der Waals surface area contributed by atoms with Crippen LogP contribution in [-0.2, 0) is 6.54 Å². The van der Waals surface area contributed by atoms with E-state index in [1.54, 1.807) is 4.57 Å². The number of nitriles is 1. The first kappa shape index (κ1) is 16.5. The summed E-state index contributed by atoms with van der Waals surface area (Å²) < 4.78 is 3.59. The number of benzene rings is 1. The minimum Gasteiger partial charge on any atom is -0.276 e. The zero-order valence-corrected chi connectivity index (χ0v) is 14.6. The Morgan fingerprint density at radius 2 is 2.08 bits per heavy atom. The van der Waals surface area contributed by atoms with Crippen LogP contribution < -0.4 is 5.56 Å². The standard InChI is InChI=1S/C17H19N5OS/c1-3-4-7-10-21-15(23)13-8-5-6-9-14(13)22-16(21)19-20-17(22)24-12(2)11-18/h5-6,8-9,12H,3-4,7,10H2,1-2H3. The van der Waals surface area contributed by atoms with Crippen LogP contribution in [0, 0.1) is 11.3 Å². The molecule has 0 aliphatic rings. The summed E-state index contributed by atoms with van der Waals surface area (Å²) in [6.07, 6.45) is 3.08. The zero-order chi connectivity index (χ0) is 17.1. The third kappa shape index (κ3) is 2.89. The number of aryl methyl sites for hydroxylation is 1. The van der Waals surface area contributed by atoms with Gasteiger partial charge >= 0.3 is 0 Å². The van der Waals surface area contributed by atoms with E-state index in [9.17, 15) is 4.79 Å². The van der Waals surface area contributed by atoms with E-state index < -0.39 is 0 Å². The highest BCUT2D eigenvalue weighted by Crippen LogP contribution is 2.24. The number of unbranched alkanes of at least 4 members (excludes halogenated alkanes) is 2. The molecule has 2 heterocycles. The molecule has 7 heteroatoms. The van der Waals surface area contributed by atoms with Crippen LogP contribution >= 0.6 is 11.8 Å². The predicted molar refractivity (Wildman–Crippen MR) is 95.2 cm³/mol. The Morgan fingerprint density at radius 1 is 1.29 bits per heavy atom. The Bertz CT molecular complexity index is 969. The lowest BCUT2D eigenvalue weighted by atomic mass is 10.2. The van der Waals surface area contributed by atoms with Gasteiger partial charge in [0.2, 0.25) is 5.78 Å². The summed E-state index contributed by atoms with van der Waals surface area (Å²) in [4.78, 5) is 12.8. The first-order chi connectivity index (χ1) is 11.7. The number of aromatic nitrogens is 4. The van der Waals surface area contributed by atoms with Gasteiger partial charge in [0, 0.05) is 6.54 Å². The molecule has 0 radical (unpaired) electrons. The molecule has 1 aromatic carbocycles. The fraction of sp³-hybridized carbons (Fsp3) is 0.412. The molecule has 1 atom stereocenters. The van der Waals surface area contributed by atoms with Gasteiger partial charge in [-0.15, -0.1) is 10.2 Å². The summed E-state index contributed by atoms with van der Waals surface area (Å²) in [7, 11) is 0. The SMILES string of the molecule is CCCCCn1c(=O)c2ccccc2n2c(SC(C)C#N)nnc12. The molecule has 3 aromatic rings. The molecule has 0 aliphatic carbocycles. The average molecular weight is 341 g/mol. The molecule has 0 spiro atoms. The molecule has 0 fully saturated rings. The van der Waals surface area contributed by atoms with Gasteiger partial charge in [0.05, 0.1) is 22.2 Å². The summed E-state index contributed by atoms with van der Waals surface area (Å²) in [6, 6.07) is 9.68. The van der Waals surface area contributed by atoms with Gasteiger partial charge in [-0.05, 0) is 25.5 Å². The number of hydrogen-bond acceptors (Lipinski definition) is 5. The van der Waals surface area contributed by atoms with E-state index in [0.717, 1.165) is 24.8 Å². The van der Waals surface area contributed by atoms with E-state index in [-0.39, 0.29) is 10.8 Å². The van der Waals surface area contributed by atoms with Crippen molar-refractivity contribution in [1.82, 2.24) is 19.2 Å². The molecular formula is C17H19N5OS. The van der Waals surface area contributed by atoms with Crippen LogP contribution in [0.3, 0.4) is 0 Å². The Morgan fingerprint density at radius 3 is 2.83 bits per heavy atom. The molecule has 0 aliphatic heterocycles. The van der Waals surface area contributed by atoms with Crippen LogP contribution in [0.4, 0.5) is 0 Å². The Hall–Kier alpha value is -2.33. The minimum atomic E-state index is -0.239. The molecule has 24 heavy (non-hydrogen) atoms. The molecule has 2 aromatic heterocycles. The number of hydrogen-bond donors (Lipinski definition) is 0. The normalized spacial score (nSPS) is 12.5. The average Bonchev–Trinajstić information content (AvgIpc) is 3.01. The monoisotopic (exact) mass is 341 g/mol. The summed E-state index contributed by atoms with van der Waals surface area (Å²) in [5.41, 5.74) is 0.744. The highest BCUT2D eigenvalue weighted by Gasteiger charge is 2.17. The Balaban J connectivity index is 2.25. The maximum Gasteiger partial charge on any atom is 0.262 e. The molecule has 3 rings (SSSR count). The van der Waals surface area contributed by atoms with Crippen LogP contribution in [0.5, 0.6) is 0 Å². The molecule has 124 valence electrons. The summed E-state index contributed by atoms with van der Waals surface area (Å²) in [5.74, 6) is 0.544. The fourth-order valence-electron chi connectivity index (χ4n) is 2.72. The van der Waals surface area contributed by atoms with Crippen LogP contribution in [-0.4, -0.2) is 24.4 Å². The van der Waals surface area contributed by atoms with E-state index in [0.29, 0.717) is 22.9 Å². The number of thioether (sulfide) groups is 1. The summed E-state index contributed by atoms with van der Waals surface area (Å²) >= 11 is 1.35. The lowest BCUT2D eigenvalue weighted by molar-refractivity contribution is 0.594. The third-order valence-electron chi connectivity index (χ3n) is 3.93. The van der Waals surface area contributed by atoms with Gasteiger partial charge in [-0.1, -0.05) is 43.7 Å². The van der Waals surface area contributed by atoms with Crippen LogP contribution in [0.2, 0.25) is 0 Å².